The van der Waals surface area contributed by atoms with Crippen molar-refractivity contribution in [1.82, 2.24) is 19.2 Å². The number of carbonyl (C=O) groups excluding carboxylic acids is 1. The second kappa shape index (κ2) is 7.40. The van der Waals surface area contributed by atoms with E-state index in [1.807, 2.05) is 23.1 Å². The highest BCUT2D eigenvalue weighted by atomic mass is 16.5. The van der Waals surface area contributed by atoms with Crippen LogP contribution in [0, 0.1) is 5.41 Å². The van der Waals surface area contributed by atoms with Gasteiger partial charge in [-0.15, -0.1) is 0 Å². The number of piperidine rings is 1. The summed E-state index contributed by atoms with van der Waals surface area (Å²) >= 11 is 0. The fraction of sp³-hybridized carbons (Fsp3) is 0.550. The van der Waals surface area contributed by atoms with Gasteiger partial charge in [-0.2, -0.15) is 0 Å². The molecule has 0 radical (unpaired) electrons. The van der Waals surface area contributed by atoms with E-state index in [1.165, 1.54) is 0 Å². The number of fused-ring (bicyclic) bond motifs is 1. The minimum absolute atomic E-state index is 0.0657. The number of rotatable bonds is 5. The molecule has 7 nitrogen and oxygen atoms in total. The Kier molecular flexibility index (Phi) is 4.97. The molecule has 0 unspecified atom stereocenters. The molecule has 2 aliphatic heterocycles. The normalized spacial score (nSPS) is 23.6. The predicted octanol–water partition coefficient (Wildman–Crippen LogP) is 1.16. The Morgan fingerprint density at radius 2 is 2.11 bits per heavy atom. The molecule has 7 heteroatoms. The van der Waals surface area contributed by atoms with Gasteiger partial charge < -0.3 is 9.64 Å². The Hall–Kier alpha value is -2.25. The second-order valence-electron chi connectivity index (χ2n) is 7.64. The summed E-state index contributed by atoms with van der Waals surface area (Å²) in [5.41, 5.74) is 1.08. The van der Waals surface area contributed by atoms with E-state index in [2.05, 4.69) is 9.88 Å². The van der Waals surface area contributed by atoms with Crippen LogP contribution in [0.4, 0.5) is 0 Å². The maximum absolute atomic E-state index is 13.1. The fourth-order valence-corrected chi connectivity index (χ4v) is 4.45. The number of hydrogen-bond donors (Lipinski definition) is 0. The molecule has 0 saturated carbocycles. The molecule has 0 bridgehead atoms. The third-order valence-corrected chi connectivity index (χ3v) is 5.83. The Labute approximate surface area is 158 Å². The molecule has 1 spiro atoms. The van der Waals surface area contributed by atoms with Crippen LogP contribution in [0.1, 0.15) is 25.0 Å². The van der Waals surface area contributed by atoms with Gasteiger partial charge in [-0.1, -0.05) is 6.07 Å². The highest BCUT2D eigenvalue weighted by Crippen LogP contribution is 2.40. The van der Waals surface area contributed by atoms with E-state index in [1.54, 1.807) is 23.8 Å². The SMILES string of the molecule is COCCN1CCC[C@@]2(CCN(Cc3cc(=O)n4ccccc4n3)C2)C1=O. The van der Waals surface area contributed by atoms with E-state index < -0.39 is 0 Å². The van der Waals surface area contributed by atoms with E-state index in [0.717, 1.165) is 44.6 Å². The molecule has 144 valence electrons. The number of aromatic nitrogens is 2. The van der Waals surface area contributed by atoms with Gasteiger partial charge in [0.05, 0.1) is 17.7 Å². The van der Waals surface area contributed by atoms with E-state index in [0.29, 0.717) is 25.3 Å². The van der Waals surface area contributed by atoms with Crippen molar-refractivity contribution in [2.24, 2.45) is 5.41 Å². The molecule has 2 saturated heterocycles. The first-order chi connectivity index (χ1) is 13.1. The molecule has 4 rings (SSSR count). The molecular weight excluding hydrogens is 344 g/mol. The van der Waals surface area contributed by atoms with Crippen molar-refractivity contribution in [2.45, 2.75) is 25.8 Å². The molecule has 1 atom stereocenters. The van der Waals surface area contributed by atoms with Crippen molar-refractivity contribution >= 4 is 11.6 Å². The van der Waals surface area contributed by atoms with Gasteiger partial charge in [-0.3, -0.25) is 18.9 Å². The summed E-state index contributed by atoms with van der Waals surface area (Å²) < 4.78 is 6.70. The first-order valence-corrected chi connectivity index (χ1v) is 9.59. The Bertz CT molecular complexity index is 896. The van der Waals surface area contributed by atoms with Crippen molar-refractivity contribution in [1.29, 1.82) is 0 Å². The van der Waals surface area contributed by atoms with Crippen LogP contribution in [0.5, 0.6) is 0 Å². The van der Waals surface area contributed by atoms with Gasteiger partial charge in [0.25, 0.3) is 5.56 Å². The Morgan fingerprint density at radius 1 is 1.22 bits per heavy atom. The molecule has 2 aromatic heterocycles. The minimum Gasteiger partial charge on any atom is -0.383 e. The molecule has 2 fully saturated rings. The van der Waals surface area contributed by atoms with Gasteiger partial charge in [0, 0.05) is 45.6 Å². The number of hydrogen-bond acceptors (Lipinski definition) is 5. The molecule has 2 aliphatic rings. The zero-order chi connectivity index (χ0) is 18.9. The number of carbonyl (C=O) groups is 1. The van der Waals surface area contributed by atoms with Crippen LogP contribution in [0.15, 0.2) is 35.3 Å². The fourth-order valence-electron chi connectivity index (χ4n) is 4.45. The van der Waals surface area contributed by atoms with Gasteiger partial charge in [0.1, 0.15) is 5.65 Å². The summed E-state index contributed by atoms with van der Waals surface area (Å²) in [6.07, 6.45) is 4.59. The van der Waals surface area contributed by atoms with Crippen LogP contribution in [-0.4, -0.2) is 65.0 Å². The van der Waals surface area contributed by atoms with Crippen molar-refractivity contribution < 1.29 is 9.53 Å². The first-order valence-electron chi connectivity index (χ1n) is 9.59. The summed E-state index contributed by atoms with van der Waals surface area (Å²) in [7, 11) is 1.67. The van der Waals surface area contributed by atoms with Crippen molar-refractivity contribution in [2.75, 3.05) is 39.9 Å². The third kappa shape index (κ3) is 3.49. The monoisotopic (exact) mass is 370 g/mol. The topological polar surface area (TPSA) is 67.2 Å². The number of ether oxygens (including phenoxy) is 1. The molecule has 0 N–H and O–H groups in total. The average Bonchev–Trinajstić information content (AvgIpc) is 3.06. The number of likely N-dealkylation sites (tertiary alicyclic amines) is 2. The lowest BCUT2D eigenvalue weighted by Gasteiger charge is -2.39. The largest absolute Gasteiger partial charge is 0.383 e. The number of amides is 1. The van der Waals surface area contributed by atoms with Gasteiger partial charge in [0.2, 0.25) is 5.91 Å². The molecule has 27 heavy (non-hydrogen) atoms. The third-order valence-electron chi connectivity index (χ3n) is 5.83. The van der Waals surface area contributed by atoms with Crippen LogP contribution in [0.3, 0.4) is 0 Å². The molecule has 2 aromatic rings. The smallest absolute Gasteiger partial charge is 0.258 e. The van der Waals surface area contributed by atoms with Crippen LogP contribution in [0.25, 0.3) is 5.65 Å². The summed E-state index contributed by atoms with van der Waals surface area (Å²) in [5, 5.41) is 0. The summed E-state index contributed by atoms with van der Waals surface area (Å²) in [5.74, 6) is 0.264. The van der Waals surface area contributed by atoms with Crippen LogP contribution >= 0.6 is 0 Å². The molecule has 0 aromatic carbocycles. The zero-order valence-corrected chi connectivity index (χ0v) is 15.8. The lowest BCUT2D eigenvalue weighted by atomic mass is 9.78. The molecular formula is C20H26N4O3. The lowest BCUT2D eigenvalue weighted by Crippen LogP contribution is -2.50. The maximum Gasteiger partial charge on any atom is 0.258 e. The summed E-state index contributed by atoms with van der Waals surface area (Å²) in [6, 6.07) is 7.15. The first kappa shape index (κ1) is 18.1. The van der Waals surface area contributed by atoms with Gasteiger partial charge in [-0.25, -0.2) is 4.98 Å². The van der Waals surface area contributed by atoms with E-state index in [-0.39, 0.29) is 16.9 Å². The quantitative estimate of drug-likeness (QED) is 0.790. The highest BCUT2D eigenvalue weighted by molar-refractivity contribution is 5.84. The van der Waals surface area contributed by atoms with Gasteiger partial charge >= 0.3 is 0 Å². The van der Waals surface area contributed by atoms with Crippen molar-refractivity contribution in [3.63, 3.8) is 0 Å². The Balaban J connectivity index is 1.48. The standard InChI is InChI=1S/C20H26N4O3/c1-27-12-11-23-8-4-6-20(19(23)26)7-10-22(15-20)14-16-13-18(25)24-9-3-2-5-17(24)21-16/h2-3,5,9,13H,4,6-8,10-12,14-15H2,1H3/t20-/m0/s1. The van der Waals surface area contributed by atoms with Crippen molar-refractivity contribution in [3.8, 4) is 0 Å². The number of nitrogens with zero attached hydrogens (tertiary/aromatic N) is 4. The molecule has 1 amide bonds. The van der Waals surface area contributed by atoms with E-state index in [9.17, 15) is 9.59 Å². The van der Waals surface area contributed by atoms with Crippen LogP contribution in [0.2, 0.25) is 0 Å². The van der Waals surface area contributed by atoms with Crippen LogP contribution < -0.4 is 5.56 Å². The maximum atomic E-state index is 13.1. The highest BCUT2D eigenvalue weighted by Gasteiger charge is 2.48. The van der Waals surface area contributed by atoms with Crippen LogP contribution in [-0.2, 0) is 16.1 Å². The van der Waals surface area contributed by atoms with E-state index >= 15 is 0 Å². The average molecular weight is 370 g/mol. The van der Waals surface area contributed by atoms with Crippen molar-refractivity contribution in [3.05, 3.63) is 46.5 Å². The zero-order valence-electron chi connectivity index (χ0n) is 15.8. The van der Waals surface area contributed by atoms with Gasteiger partial charge in [-0.05, 0) is 37.9 Å². The molecule has 0 aliphatic carbocycles. The van der Waals surface area contributed by atoms with Gasteiger partial charge in [0.15, 0.2) is 0 Å². The Morgan fingerprint density at radius 3 is 2.96 bits per heavy atom. The predicted molar refractivity (Wildman–Crippen MR) is 101 cm³/mol. The molecule has 4 heterocycles. The lowest BCUT2D eigenvalue weighted by molar-refractivity contribution is -0.146. The van der Waals surface area contributed by atoms with E-state index in [4.69, 9.17) is 4.74 Å². The minimum atomic E-state index is -0.280. The number of pyridine rings is 1. The summed E-state index contributed by atoms with van der Waals surface area (Å²) in [6.45, 7) is 4.28. The second-order valence-corrected chi connectivity index (χ2v) is 7.64. The number of methoxy groups -OCH3 is 1. The summed E-state index contributed by atoms with van der Waals surface area (Å²) in [4.78, 5) is 34.2.